The van der Waals surface area contributed by atoms with Crippen molar-refractivity contribution in [2.24, 2.45) is 10.8 Å². The molecular formula is C19H39NO3. The third-order valence-corrected chi connectivity index (χ3v) is 3.50. The van der Waals surface area contributed by atoms with Gasteiger partial charge in [0.2, 0.25) is 5.91 Å². The number of ether oxygens (including phenoxy) is 2. The van der Waals surface area contributed by atoms with E-state index in [0.717, 1.165) is 6.42 Å². The molecule has 0 aromatic rings. The van der Waals surface area contributed by atoms with Crippen LogP contribution in [0.1, 0.15) is 75.7 Å². The molecule has 1 amide bonds. The summed E-state index contributed by atoms with van der Waals surface area (Å²) in [6.07, 6.45) is 0.995. The van der Waals surface area contributed by atoms with E-state index in [4.69, 9.17) is 9.47 Å². The second-order valence-electron chi connectivity index (χ2n) is 9.89. The van der Waals surface area contributed by atoms with Crippen molar-refractivity contribution in [3.05, 3.63) is 0 Å². The third kappa shape index (κ3) is 11.5. The molecule has 138 valence electrons. The fourth-order valence-corrected chi connectivity index (χ4v) is 1.68. The molecule has 0 atom stereocenters. The quantitative estimate of drug-likeness (QED) is 0.727. The molecule has 0 aromatic heterocycles. The van der Waals surface area contributed by atoms with Gasteiger partial charge in [-0.3, -0.25) is 4.79 Å². The number of amides is 1. The van der Waals surface area contributed by atoms with E-state index in [-0.39, 0.29) is 22.5 Å². The molecule has 0 heterocycles. The molecule has 0 saturated heterocycles. The van der Waals surface area contributed by atoms with Gasteiger partial charge in [-0.25, -0.2) is 0 Å². The highest BCUT2D eigenvalue weighted by atomic mass is 16.5. The first-order chi connectivity index (χ1) is 10.0. The summed E-state index contributed by atoms with van der Waals surface area (Å²) in [5.74, 6) is -0.00533. The minimum Gasteiger partial charge on any atom is -0.375 e. The first-order valence-electron chi connectivity index (χ1n) is 8.60. The van der Waals surface area contributed by atoms with Crippen LogP contribution in [0.2, 0.25) is 0 Å². The zero-order valence-corrected chi connectivity index (χ0v) is 17.1. The van der Waals surface area contributed by atoms with Crippen LogP contribution in [0.5, 0.6) is 0 Å². The normalized spacial score (nSPS) is 14.0. The SMILES string of the molecule is CC(C)(C)CCOC(C)(C)CNC(=O)C(C)(C)COC(C)(C)C. The van der Waals surface area contributed by atoms with Crippen LogP contribution in [-0.2, 0) is 14.3 Å². The number of hydrogen-bond donors (Lipinski definition) is 1. The van der Waals surface area contributed by atoms with Crippen LogP contribution in [-0.4, -0.2) is 36.9 Å². The molecule has 0 fully saturated rings. The van der Waals surface area contributed by atoms with E-state index in [1.54, 1.807) is 0 Å². The van der Waals surface area contributed by atoms with E-state index in [1.807, 2.05) is 48.5 Å². The lowest BCUT2D eigenvalue weighted by molar-refractivity contribution is -0.137. The van der Waals surface area contributed by atoms with E-state index in [2.05, 4.69) is 26.1 Å². The highest BCUT2D eigenvalue weighted by Crippen LogP contribution is 2.22. The van der Waals surface area contributed by atoms with Crippen molar-refractivity contribution in [3.8, 4) is 0 Å². The molecule has 0 aliphatic rings. The Morgan fingerprint density at radius 1 is 0.870 bits per heavy atom. The minimum atomic E-state index is -0.561. The molecule has 4 nitrogen and oxygen atoms in total. The summed E-state index contributed by atoms with van der Waals surface area (Å²) in [5.41, 5.74) is -0.921. The highest BCUT2D eigenvalue weighted by molar-refractivity contribution is 5.82. The van der Waals surface area contributed by atoms with Crippen molar-refractivity contribution in [1.82, 2.24) is 5.32 Å². The van der Waals surface area contributed by atoms with Crippen LogP contribution in [0.15, 0.2) is 0 Å². The lowest BCUT2D eigenvalue weighted by Gasteiger charge is -2.31. The van der Waals surface area contributed by atoms with Crippen LogP contribution < -0.4 is 5.32 Å². The Morgan fingerprint density at radius 2 is 1.39 bits per heavy atom. The fraction of sp³-hybridized carbons (Fsp3) is 0.947. The van der Waals surface area contributed by atoms with Crippen LogP contribution in [0.4, 0.5) is 0 Å². The average Bonchev–Trinajstić information content (AvgIpc) is 2.31. The number of carbonyl (C=O) groups excluding carboxylic acids is 1. The first kappa shape index (κ1) is 22.4. The summed E-state index contributed by atoms with van der Waals surface area (Å²) in [6.45, 7) is 22.0. The van der Waals surface area contributed by atoms with Crippen LogP contribution >= 0.6 is 0 Å². The molecule has 4 heteroatoms. The van der Waals surface area contributed by atoms with Gasteiger partial charge in [0.1, 0.15) is 0 Å². The van der Waals surface area contributed by atoms with Crippen molar-refractivity contribution < 1.29 is 14.3 Å². The van der Waals surface area contributed by atoms with Gasteiger partial charge < -0.3 is 14.8 Å². The van der Waals surface area contributed by atoms with Crippen LogP contribution in [0.25, 0.3) is 0 Å². The van der Waals surface area contributed by atoms with Gasteiger partial charge in [-0.05, 0) is 60.3 Å². The van der Waals surface area contributed by atoms with Gasteiger partial charge in [-0.2, -0.15) is 0 Å². The van der Waals surface area contributed by atoms with Gasteiger partial charge in [0.15, 0.2) is 0 Å². The summed E-state index contributed by atoms with van der Waals surface area (Å²) in [5, 5.41) is 3.00. The summed E-state index contributed by atoms with van der Waals surface area (Å²) in [6, 6.07) is 0. The predicted molar refractivity (Wildman–Crippen MR) is 96.6 cm³/mol. The van der Waals surface area contributed by atoms with Crippen molar-refractivity contribution in [3.63, 3.8) is 0 Å². The maximum absolute atomic E-state index is 12.4. The van der Waals surface area contributed by atoms with Gasteiger partial charge in [-0.15, -0.1) is 0 Å². The second-order valence-corrected chi connectivity index (χ2v) is 9.89. The van der Waals surface area contributed by atoms with Crippen LogP contribution in [0.3, 0.4) is 0 Å². The van der Waals surface area contributed by atoms with Crippen molar-refractivity contribution in [2.45, 2.75) is 86.9 Å². The zero-order valence-electron chi connectivity index (χ0n) is 17.1. The highest BCUT2D eigenvalue weighted by Gasteiger charge is 2.31. The first-order valence-corrected chi connectivity index (χ1v) is 8.60. The smallest absolute Gasteiger partial charge is 0.228 e. The number of hydrogen-bond acceptors (Lipinski definition) is 3. The maximum atomic E-state index is 12.4. The zero-order chi connectivity index (χ0) is 18.5. The summed E-state index contributed by atoms with van der Waals surface area (Å²) in [4.78, 5) is 12.4. The molecule has 23 heavy (non-hydrogen) atoms. The number of carbonyl (C=O) groups is 1. The van der Waals surface area contributed by atoms with Gasteiger partial charge in [0, 0.05) is 13.2 Å². The van der Waals surface area contributed by atoms with Crippen molar-refractivity contribution >= 4 is 5.91 Å². The Balaban J connectivity index is 4.33. The molecule has 0 bridgehead atoms. The van der Waals surface area contributed by atoms with Gasteiger partial charge in [0.25, 0.3) is 0 Å². The molecule has 0 unspecified atom stereocenters. The van der Waals surface area contributed by atoms with Gasteiger partial charge >= 0.3 is 0 Å². The van der Waals surface area contributed by atoms with Crippen LogP contribution in [0, 0.1) is 10.8 Å². The molecule has 0 aliphatic heterocycles. The molecule has 0 saturated carbocycles. The lowest BCUT2D eigenvalue weighted by Crippen LogP contribution is -2.47. The van der Waals surface area contributed by atoms with Gasteiger partial charge in [0.05, 0.1) is 23.2 Å². The summed E-state index contributed by atoms with van der Waals surface area (Å²) in [7, 11) is 0. The molecule has 0 aliphatic carbocycles. The third-order valence-electron chi connectivity index (χ3n) is 3.50. The molecular weight excluding hydrogens is 290 g/mol. The minimum absolute atomic E-state index is 0.00533. The van der Waals surface area contributed by atoms with Crippen molar-refractivity contribution in [1.29, 1.82) is 0 Å². The second kappa shape index (κ2) is 7.98. The molecule has 0 rings (SSSR count). The molecule has 0 aromatic carbocycles. The van der Waals surface area contributed by atoms with Crippen molar-refractivity contribution in [2.75, 3.05) is 19.8 Å². The Morgan fingerprint density at radius 3 is 1.83 bits per heavy atom. The van der Waals surface area contributed by atoms with E-state index in [0.29, 0.717) is 19.8 Å². The topological polar surface area (TPSA) is 47.6 Å². The molecule has 0 radical (unpaired) electrons. The lowest BCUT2D eigenvalue weighted by atomic mass is 9.92. The number of rotatable bonds is 8. The van der Waals surface area contributed by atoms with E-state index >= 15 is 0 Å². The maximum Gasteiger partial charge on any atom is 0.228 e. The molecule has 0 spiro atoms. The summed E-state index contributed by atoms with van der Waals surface area (Å²) < 4.78 is 11.7. The van der Waals surface area contributed by atoms with Gasteiger partial charge in [-0.1, -0.05) is 20.8 Å². The Hall–Kier alpha value is -0.610. The van der Waals surface area contributed by atoms with E-state index in [9.17, 15) is 4.79 Å². The van der Waals surface area contributed by atoms with E-state index in [1.165, 1.54) is 0 Å². The average molecular weight is 330 g/mol. The Kier molecular flexibility index (Phi) is 7.76. The molecule has 1 N–H and O–H groups in total. The fourth-order valence-electron chi connectivity index (χ4n) is 1.68. The summed E-state index contributed by atoms with van der Waals surface area (Å²) >= 11 is 0. The monoisotopic (exact) mass is 329 g/mol. The van der Waals surface area contributed by atoms with E-state index < -0.39 is 5.41 Å². The Bertz CT molecular complexity index is 373. The standard InChI is InChI=1S/C19H39NO3/c1-16(2,3)11-12-22-19(9,10)13-20-15(21)18(7,8)14-23-17(4,5)6/h11-14H2,1-10H3,(H,20,21). The number of nitrogens with one attached hydrogen (secondary N) is 1. The Labute approximate surface area is 143 Å². The predicted octanol–water partition coefficient (Wildman–Crippen LogP) is 4.18. The largest absolute Gasteiger partial charge is 0.375 e.